The number of ether oxygens (including phenoxy) is 1. The van der Waals surface area contributed by atoms with E-state index in [0.717, 1.165) is 24.1 Å². The maximum absolute atomic E-state index is 8.83. The van der Waals surface area contributed by atoms with Gasteiger partial charge >= 0.3 is 0 Å². The number of hydrogen-bond acceptors (Lipinski definition) is 3. The van der Waals surface area contributed by atoms with E-state index in [1.807, 2.05) is 12.1 Å². The van der Waals surface area contributed by atoms with Gasteiger partial charge in [-0.15, -0.1) is 0 Å². The first-order valence-electron chi connectivity index (χ1n) is 7.95. The number of hydrogen-bond donors (Lipinski definition) is 1. The van der Waals surface area contributed by atoms with Crippen LogP contribution >= 0.6 is 0 Å². The minimum atomic E-state index is 0.0616. The van der Waals surface area contributed by atoms with Crippen LogP contribution in [0.5, 0.6) is 5.75 Å². The standard InChI is InChI=1S/C18H25NO2/c1-14-5-6-16-12-19(13-17(16)9-14)11-15-3-2-4-18(10-15)21-8-7-20/h2-5,10,16-17,20H,6-9,11-13H2,1H3/t16-,17+/m0/s1. The summed E-state index contributed by atoms with van der Waals surface area (Å²) in [6, 6.07) is 8.26. The molecular weight excluding hydrogens is 262 g/mol. The van der Waals surface area contributed by atoms with Crippen LogP contribution in [0.15, 0.2) is 35.9 Å². The Hall–Kier alpha value is -1.32. The molecule has 1 aliphatic heterocycles. The largest absolute Gasteiger partial charge is 0.491 e. The second-order valence-electron chi connectivity index (χ2n) is 6.42. The highest BCUT2D eigenvalue weighted by atomic mass is 16.5. The predicted octanol–water partition coefficient (Wildman–Crippen LogP) is 2.85. The van der Waals surface area contributed by atoms with E-state index in [2.05, 4.69) is 30.0 Å². The van der Waals surface area contributed by atoms with Gasteiger partial charge in [0, 0.05) is 19.6 Å². The molecule has 2 aliphatic rings. The molecule has 0 unspecified atom stereocenters. The number of aliphatic hydroxyl groups excluding tert-OH is 1. The summed E-state index contributed by atoms with van der Waals surface area (Å²) in [7, 11) is 0. The maximum Gasteiger partial charge on any atom is 0.119 e. The molecule has 1 aliphatic carbocycles. The predicted molar refractivity (Wildman–Crippen MR) is 84.3 cm³/mol. The Bertz CT molecular complexity index is 512. The Labute approximate surface area is 127 Å². The van der Waals surface area contributed by atoms with Crippen molar-refractivity contribution >= 4 is 0 Å². The second kappa shape index (κ2) is 6.63. The zero-order valence-electron chi connectivity index (χ0n) is 12.8. The number of nitrogens with zero attached hydrogens (tertiary/aromatic N) is 1. The summed E-state index contributed by atoms with van der Waals surface area (Å²) in [5.74, 6) is 2.56. The highest BCUT2D eigenvalue weighted by Gasteiger charge is 2.33. The summed E-state index contributed by atoms with van der Waals surface area (Å²) in [5, 5.41) is 8.83. The Morgan fingerprint density at radius 2 is 2.14 bits per heavy atom. The first-order valence-corrected chi connectivity index (χ1v) is 7.95. The van der Waals surface area contributed by atoms with E-state index in [0.29, 0.717) is 6.61 Å². The molecule has 0 spiro atoms. The van der Waals surface area contributed by atoms with Crippen LogP contribution in [0.2, 0.25) is 0 Å². The molecule has 1 aromatic carbocycles. The number of likely N-dealkylation sites (tertiary alicyclic amines) is 1. The summed E-state index contributed by atoms with van der Waals surface area (Å²) in [6.45, 7) is 6.13. The molecule has 1 saturated heterocycles. The third-order valence-electron chi connectivity index (χ3n) is 4.67. The average molecular weight is 287 g/mol. The normalized spacial score (nSPS) is 25.5. The molecule has 0 saturated carbocycles. The lowest BCUT2D eigenvalue weighted by molar-refractivity contribution is 0.201. The summed E-state index contributed by atoms with van der Waals surface area (Å²) >= 11 is 0. The Kier molecular flexibility index (Phi) is 4.61. The lowest BCUT2D eigenvalue weighted by atomic mass is 9.83. The molecule has 1 heterocycles. The number of rotatable bonds is 5. The molecule has 0 aromatic heterocycles. The van der Waals surface area contributed by atoms with E-state index in [9.17, 15) is 0 Å². The monoisotopic (exact) mass is 287 g/mol. The van der Waals surface area contributed by atoms with Crippen molar-refractivity contribution in [1.82, 2.24) is 4.90 Å². The highest BCUT2D eigenvalue weighted by Crippen LogP contribution is 2.36. The number of benzene rings is 1. The van der Waals surface area contributed by atoms with Gasteiger partial charge in [-0.1, -0.05) is 23.8 Å². The topological polar surface area (TPSA) is 32.7 Å². The first-order chi connectivity index (χ1) is 10.2. The molecule has 2 atom stereocenters. The number of allylic oxidation sites excluding steroid dienone is 2. The van der Waals surface area contributed by atoms with Gasteiger partial charge in [0.15, 0.2) is 0 Å². The van der Waals surface area contributed by atoms with E-state index in [4.69, 9.17) is 9.84 Å². The van der Waals surface area contributed by atoms with Crippen molar-refractivity contribution in [2.75, 3.05) is 26.3 Å². The fourth-order valence-corrected chi connectivity index (χ4v) is 3.67. The van der Waals surface area contributed by atoms with Gasteiger partial charge in [0.1, 0.15) is 12.4 Å². The number of aliphatic hydroxyl groups is 1. The SMILES string of the molecule is CC1=CC[C@H]2CN(Cc3cccc(OCCO)c3)C[C@H]2C1. The second-order valence-corrected chi connectivity index (χ2v) is 6.42. The number of fused-ring (bicyclic) bond motifs is 1. The van der Waals surface area contributed by atoms with E-state index in [1.54, 1.807) is 5.57 Å². The molecule has 0 amide bonds. The maximum atomic E-state index is 8.83. The minimum Gasteiger partial charge on any atom is -0.491 e. The van der Waals surface area contributed by atoms with E-state index >= 15 is 0 Å². The van der Waals surface area contributed by atoms with Crippen molar-refractivity contribution in [3.63, 3.8) is 0 Å². The van der Waals surface area contributed by atoms with Gasteiger partial charge in [0.05, 0.1) is 6.61 Å². The van der Waals surface area contributed by atoms with Gasteiger partial charge in [-0.3, -0.25) is 4.90 Å². The van der Waals surface area contributed by atoms with Gasteiger partial charge in [0.25, 0.3) is 0 Å². The van der Waals surface area contributed by atoms with Crippen molar-refractivity contribution in [1.29, 1.82) is 0 Å². The molecule has 3 nitrogen and oxygen atoms in total. The zero-order valence-corrected chi connectivity index (χ0v) is 12.8. The molecule has 1 N–H and O–H groups in total. The zero-order chi connectivity index (χ0) is 14.7. The minimum absolute atomic E-state index is 0.0616. The van der Waals surface area contributed by atoms with Crippen molar-refractivity contribution in [3.05, 3.63) is 41.5 Å². The van der Waals surface area contributed by atoms with Crippen LogP contribution in [0.1, 0.15) is 25.3 Å². The fraction of sp³-hybridized carbons (Fsp3) is 0.556. The third-order valence-corrected chi connectivity index (χ3v) is 4.67. The molecule has 0 bridgehead atoms. The third kappa shape index (κ3) is 3.66. The smallest absolute Gasteiger partial charge is 0.119 e. The summed E-state index contributed by atoms with van der Waals surface area (Å²) in [5.41, 5.74) is 2.87. The molecule has 0 radical (unpaired) electrons. The summed E-state index contributed by atoms with van der Waals surface area (Å²) in [4.78, 5) is 2.58. The Balaban J connectivity index is 1.58. The fourth-order valence-electron chi connectivity index (χ4n) is 3.67. The molecule has 21 heavy (non-hydrogen) atoms. The highest BCUT2D eigenvalue weighted by molar-refractivity contribution is 5.28. The molecular formula is C18H25NO2. The average Bonchev–Trinajstić information content (AvgIpc) is 2.86. The molecule has 1 aromatic rings. The van der Waals surface area contributed by atoms with Crippen LogP contribution in [0, 0.1) is 11.8 Å². The van der Waals surface area contributed by atoms with Crippen molar-refractivity contribution in [2.45, 2.75) is 26.3 Å². The van der Waals surface area contributed by atoms with Crippen molar-refractivity contribution in [2.24, 2.45) is 11.8 Å². The van der Waals surface area contributed by atoms with Gasteiger partial charge in [-0.05, 0) is 49.3 Å². The van der Waals surface area contributed by atoms with Gasteiger partial charge in [0.2, 0.25) is 0 Å². The molecule has 3 rings (SSSR count). The summed E-state index contributed by atoms with van der Waals surface area (Å²) < 4.78 is 5.49. The van der Waals surface area contributed by atoms with E-state index < -0.39 is 0 Å². The van der Waals surface area contributed by atoms with Crippen LogP contribution in [-0.4, -0.2) is 36.3 Å². The Morgan fingerprint density at radius 1 is 1.29 bits per heavy atom. The van der Waals surface area contributed by atoms with Crippen molar-refractivity contribution < 1.29 is 9.84 Å². The van der Waals surface area contributed by atoms with E-state index in [1.165, 1.54) is 31.5 Å². The lowest BCUT2D eigenvalue weighted by Gasteiger charge is -2.22. The van der Waals surface area contributed by atoms with E-state index in [-0.39, 0.29) is 6.61 Å². The molecule has 1 fully saturated rings. The lowest BCUT2D eigenvalue weighted by Crippen LogP contribution is -2.20. The molecule has 114 valence electrons. The van der Waals surface area contributed by atoms with Crippen LogP contribution in [-0.2, 0) is 6.54 Å². The quantitative estimate of drug-likeness (QED) is 0.845. The van der Waals surface area contributed by atoms with Crippen LogP contribution in [0.25, 0.3) is 0 Å². The van der Waals surface area contributed by atoms with Gasteiger partial charge < -0.3 is 9.84 Å². The van der Waals surface area contributed by atoms with Crippen LogP contribution in [0.4, 0.5) is 0 Å². The van der Waals surface area contributed by atoms with Crippen LogP contribution in [0.3, 0.4) is 0 Å². The Morgan fingerprint density at radius 3 is 3.00 bits per heavy atom. The summed E-state index contributed by atoms with van der Waals surface area (Å²) in [6.07, 6.45) is 4.96. The first kappa shape index (κ1) is 14.6. The molecule has 3 heteroatoms. The van der Waals surface area contributed by atoms with Crippen molar-refractivity contribution in [3.8, 4) is 5.75 Å². The van der Waals surface area contributed by atoms with Gasteiger partial charge in [-0.2, -0.15) is 0 Å². The van der Waals surface area contributed by atoms with Gasteiger partial charge in [-0.25, -0.2) is 0 Å². The van der Waals surface area contributed by atoms with Crippen LogP contribution < -0.4 is 4.74 Å².